The standard InChI is InChI=1S/C22H28N2O4/c1-17(23-25)19-7-11-21(12-8-19)27-15-5-3-4-6-16-28-22-13-9-20(10-14-22)18(2)24-26/h7-14,25-26H,3-6,15-16H2,1-2H3/b23-17-,24-18-. The molecule has 2 N–H and O–H groups in total. The molecule has 0 amide bonds. The van der Waals surface area contributed by atoms with Gasteiger partial charge in [-0.15, -0.1) is 0 Å². The molecule has 150 valence electrons. The summed E-state index contributed by atoms with van der Waals surface area (Å²) < 4.78 is 11.5. The van der Waals surface area contributed by atoms with Crippen LogP contribution in [0.2, 0.25) is 0 Å². The Morgan fingerprint density at radius 3 is 1.32 bits per heavy atom. The van der Waals surface area contributed by atoms with Crippen molar-refractivity contribution < 1.29 is 19.9 Å². The maximum atomic E-state index is 8.76. The van der Waals surface area contributed by atoms with Crippen LogP contribution in [-0.2, 0) is 0 Å². The summed E-state index contributed by atoms with van der Waals surface area (Å²) in [6, 6.07) is 15.1. The van der Waals surface area contributed by atoms with Gasteiger partial charge in [0.2, 0.25) is 0 Å². The third kappa shape index (κ3) is 6.95. The molecule has 2 rings (SSSR count). The molecule has 6 heteroatoms. The van der Waals surface area contributed by atoms with E-state index in [9.17, 15) is 0 Å². The van der Waals surface area contributed by atoms with Crippen molar-refractivity contribution in [2.45, 2.75) is 39.5 Å². The molecule has 0 aliphatic heterocycles. The minimum absolute atomic E-state index is 0.582. The maximum Gasteiger partial charge on any atom is 0.119 e. The molecule has 0 heterocycles. The van der Waals surface area contributed by atoms with Gasteiger partial charge >= 0.3 is 0 Å². The van der Waals surface area contributed by atoms with Crippen LogP contribution in [0.25, 0.3) is 0 Å². The number of hydrogen-bond acceptors (Lipinski definition) is 6. The normalized spacial score (nSPS) is 12.1. The van der Waals surface area contributed by atoms with Crippen molar-refractivity contribution in [3.63, 3.8) is 0 Å². The number of ether oxygens (including phenoxy) is 2. The second-order valence-corrected chi connectivity index (χ2v) is 6.53. The molecule has 0 saturated heterocycles. The molecule has 0 radical (unpaired) electrons. The predicted octanol–water partition coefficient (Wildman–Crippen LogP) is 5.10. The first-order valence-corrected chi connectivity index (χ1v) is 9.48. The molecule has 0 aliphatic rings. The summed E-state index contributed by atoms with van der Waals surface area (Å²) in [6.45, 7) is 4.87. The first-order chi connectivity index (χ1) is 13.6. The average Bonchev–Trinajstić information content (AvgIpc) is 2.75. The molecule has 0 aliphatic carbocycles. The zero-order valence-electron chi connectivity index (χ0n) is 16.5. The maximum absolute atomic E-state index is 8.76. The molecular weight excluding hydrogens is 356 g/mol. The molecule has 2 aromatic carbocycles. The number of oxime groups is 2. The molecule has 0 bridgehead atoms. The Hall–Kier alpha value is -3.02. The topological polar surface area (TPSA) is 83.6 Å². The van der Waals surface area contributed by atoms with Crippen LogP contribution in [0.3, 0.4) is 0 Å². The number of nitrogens with zero attached hydrogens (tertiary/aromatic N) is 2. The molecule has 0 saturated carbocycles. The highest BCUT2D eigenvalue weighted by Crippen LogP contribution is 2.15. The Labute approximate surface area is 166 Å². The van der Waals surface area contributed by atoms with E-state index in [0.717, 1.165) is 48.3 Å². The molecule has 0 unspecified atom stereocenters. The third-order valence-corrected chi connectivity index (χ3v) is 4.42. The van der Waals surface area contributed by atoms with Crippen molar-refractivity contribution >= 4 is 11.4 Å². The van der Waals surface area contributed by atoms with Crippen molar-refractivity contribution in [2.75, 3.05) is 13.2 Å². The summed E-state index contributed by atoms with van der Waals surface area (Å²) in [5.74, 6) is 1.64. The number of hydrogen-bond donors (Lipinski definition) is 2. The van der Waals surface area contributed by atoms with Gasteiger partial charge in [-0.25, -0.2) is 0 Å². The zero-order valence-corrected chi connectivity index (χ0v) is 16.5. The molecule has 0 aromatic heterocycles. The molecule has 2 aromatic rings. The van der Waals surface area contributed by atoms with Crippen molar-refractivity contribution in [1.29, 1.82) is 0 Å². The van der Waals surface area contributed by atoms with Gasteiger partial charge in [0.05, 0.1) is 24.6 Å². The van der Waals surface area contributed by atoms with Crippen molar-refractivity contribution in [2.24, 2.45) is 10.3 Å². The van der Waals surface area contributed by atoms with Gasteiger partial charge in [-0.3, -0.25) is 0 Å². The molecule has 0 atom stereocenters. The highest BCUT2D eigenvalue weighted by Gasteiger charge is 2.01. The van der Waals surface area contributed by atoms with E-state index in [4.69, 9.17) is 19.9 Å². The summed E-state index contributed by atoms with van der Waals surface area (Å²) in [5.41, 5.74) is 2.92. The Morgan fingerprint density at radius 1 is 0.643 bits per heavy atom. The first-order valence-electron chi connectivity index (χ1n) is 9.48. The van der Waals surface area contributed by atoms with Crippen LogP contribution in [0.15, 0.2) is 58.8 Å². The summed E-state index contributed by atoms with van der Waals surface area (Å²) in [4.78, 5) is 0. The van der Waals surface area contributed by atoms with Crippen LogP contribution in [-0.4, -0.2) is 35.1 Å². The van der Waals surface area contributed by atoms with Gasteiger partial charge < -0.3 is 19.9 Å². The van der Waals surface area contributed by atoms with E-state index >= 15 is 0 Å². The number of rotatable bonds is 11. The Morgan fingerprint density at radius 2 is 1.00 bits per heavy atom. The van der Waals surface area contributed by atoms with Gasteiger partial charge in [0, 0.05) is 0 Å². The van der Waals surface area contributed by atoms with Gasteiger partial charge in [-0.1, -0.05) is 10.3 Å². The smallest absolute Gasteiger partial charge is 0.119 e. The van der Waals surface area contributed by atoms with E-state index in [1.54, 1.807) is 13.8 Å². The van der Waals surface area contributed by atoms with Crippen LogP contribution in [0, 0.1) is 0 Å². The first kappa shape index (κ1) is 21.3. The lowest BCUT2D eigenvalue weighted by Crippen LogP contribution is -2.01. The largest absolute Gasteiger partial charge is 0.494 e. The minimum Gasteiger partial charge on any atom is -0.494 e. The van der Waals surface area contributed by atoms with E-state index < -0.39 is 0 Å². The fourth-order valence-electron chi connectivity index (χ4n) is 2.64. The Bertz CT molecular complexity index is 701. The van der Waals surface area contributed by atoms with Gasteiger partial charge in [0.25, 0.3) is 0 Å². The quantitative estimate of drug-likeness (QED) is 0.244. The van der Waals surface area contributed by atoms with Crippen LogP contribution in [0.1, 0.15) is 50.7 Å². The second-order valence-electron chi connectivity index (χ2n) is 6.53. The SMILES string of the molecule is C/C(=N/O)c1ccc(OCCCCCCOc2ccc(/C(C)=N\O)cc2)cc1. The highest BCUT2D eigenvalue weighted by atomic mass is 16.5. The monoisotopic (exact) mass is 384 g/mol. The van der Waals surface area contributed by atoms with E-state index in [1.807, 2.05) is 48.5 Å². The Kier molecular flexibility index (Phi) is 8.85. The predicted molar refractivity (Wildman–Crippen MR) is 110 cm³/mol. The fraction of sp³-hybridized carbons (Fsp3) is 0.364. The van der Waals surface area contributed by atoms with Crippen molar-refractivity contribution in [3.05, 3.63) is 59.7 Å². The Balaban J connectivity index is 1.55. The molecule has 6 nitrogen and oxygen atoms in total. The van der Waals surface area contributed by atoms with Gasteiger partial charge in [-0.05, 0) is 99.2 Å². The molecule has 0 spiro atoms. The van der Waals surface area contributed by atoms with Gasteiger partial charge in [-0.2, -0.15) is 0 Å². The van der Waals surface area contributed by atoms with E-state index in [-0.39, 0.29) is 0 Å². The van der Waals surface area contributed by atoms with Crippen LogP contribution in [0.4, 0.5) is 0 Å². The van der Waals surface area contributed by atoms with Crippen LogP contribution >= 0.6 is 0 Å². The summed E-state index contributed by atoms with van der Waals surface area (Å²) in [6.07, 6.45) is 4.16. The number of benzene rings is 2. The third-order valence-electron chi connectivity index (χ3n) is 4.42. The van der Waals surface area contributed by atoms with Gasteiger partial charge in [0.1, 0.15) is 11.5 Å². The lowest BCUT2D eigenvalue weighted by molar-refractivity contribution is 0.287. The van der Waals surface area contributed by atoms with Crippen LogP contribution < -0.4 is 9.47 Å². The summed E-state index contributed by atoms with van der Waals surface area (Å²) in [7, 11) is 0. The van der Waals surface area contributed by atoms with Crippen LogP contribution in [0.5, 0.6) is 11.5 Å². The van der Waals surface area contributed by atoms with E-state index in [0.29, 0.717) is 24.6 Å². The van der Waals surface area contributed by atoms with Crippen molar-refractivity contribution in [1.82, 2.24) is 0 Å². The average molecular weight is 384 g/mol. The summed E-state index contributed by atoms with van der Waals surface area (Å²) in [5, 5.41) is 23.9. The number of unbranched alkanes of at least 4 members (excludes halogenated alkanes) is 3. The zero-order chi connectivity index (χ0) is 20.2. The van der Waals surface area contributed by atoms with Crippen molar-refractivity contribution in [3.8, 4) is 11.5 Å². The van der Waals surface area contributed by atoms with Gasteiger partial charge in [0.15, 0.2) is 0 Å². The lowest BCUT2D eigenvalue weighted by atomic mass is 10.1. The molecular formula is C22H28N2O4. The van der Waals surface area contributed by atoms with E-state index in [1.165, 1.54) is 0 Å². The molecule has 28 heavy (non-hydrogen) atoms. The lowest BCUT2D eigenvalue weighted by Gasteiger charge is -2.08. The minimum atomic E-state index is 0.582. The van der Waals surface area contributed by atoms with E-state index in [2.05, 4.69) is 10.3 Å². The molecule has 0 fully saturated rings. The fourth-order valence-corrected chi connectivity index (χ4v) is 2.64. The second kappa shape index (κ2) is 11.6. The summed E-state index contributed by atoms with van der Waals surface area (Å²) >= 11 is 0. The highest BCUT2D eigenvalue weighted by molar-refractivity contribution is 5.98.